The Kier molecular flexibility index (Phi) is 4.16. The highest BCUT2D eigenvalue weighted by Gasteiger charge is 2.09. The molecule has 0 bridgehead atoms. The number of carbonyl (C=O) groups excluding carboxylic acids is 1. The Morgan fingerprint density at radius 1 is 1.42 bits per heavy atom. The molecule has 2 rings (SSSR count). The molecule has 100 valence electrons. The van der Waals surface area contributed by atoms with Gasteiger partial charge in [0, 0.05) is 37.4 Å². The Hall–Kier alpha value is -1.88. The molecule has 2 heterocycles. The maximum Gasteiger partial charge on any atom is 0.272 e. The van der Waals surface area contributed by atoms with E-state index in [2.05, 4.69) is 28.7 Å². The maximum atomic E-state index is 11.8. The molecule has 5 heteroatoms. The summed E-state index contributed by atoms with van der Waals surface area (Å²) in [6, 6.07) is 5.76. The summed E-state index contributed by atoms with van der Waals surface area (Å²) in [7, 11) is 3.44. The van der Waals surface area contributed by atoms with Crippen molar-refractivity contribution in [2.45, 2.75) is 13.5 Å². The van der Waals surface area contributed by atoms with Crippen molar-refractivity contribution in [3.63, 3.8) is 0 Å². The molecule has 0 atom stereocenters. The standard InChI is InChI=1S/C14H17N3OS/c1-10-5-7-19-13(10)9-16-11-4-6-15-12(8-11)14(18)17(2)3/h4-8H,9H2,1-3H3,(H,15,16). The van der Waals surface area contributed by atoms with Crippen LogP contribution in [0.2, 0.25) is 0 Å². The Bertz CT molecular complexity index is 578. The van der Waals surface area contributed by atoms with Crippen LogP contribution in [0.1, 0.15) is 20.9 Å². The number of nitrogens with one attached hydrogen (secondary N) is 1. The van der Waals surface area contributed by atoms with Gasteiger partial charge in [-0.15, -0.1) is 11.3 Å². The minimum Gasteiger partial charge on any atom is -0.380 e. The lowest BCUT2D eigenvalue weighted by Gasteiger charge is -2.11. The van der Waals surface area contributed by atoms with Crippen LogP contribution in [0.3, 0.4) is 0 Å². The number of rotatable bonds is 4. The van der Waals surface area contributed by atoms with Gasteiger partial charge in [-0.25, -0.2) is 0 Å². The van der Waals surface area contributed by atoms with Crippen LogP contribution in [0.5, 0.6) is 0 Å². The van der Waals surface area contributed by atoms with Gasteiger partial charge in [0.05, 0.1) is 0 Å². The molecule has 4 nitrogen and oxygen atoms in total. The van der Waals surface area contributed by atoms with Crippen molar-refractivity contribution in [3.05, 3.63) is 45.9 Å². The minimum atomic E-state index is -0.0871. The summed E-state index contributed by atoms with van der Waals surface area (Å²) in [6.07, 6.45) is 1.65. The Morgan fingerprint density at radius 2 is 2.21 bits per heavy atom. The van der Waals surface area contributed by atoms with E-state index in [0.29, 0.717) is 5.69 Å². The molecule has 0 radical (unpaired) electrons. The van der Waals surface area contributed by atoms with Crippen LogP contribution >= 0.6 is 11.3 Å². The Balaban J connectivity index is 2.07. The number of hydrogen-bond donors (Lipinski definition) is 1. The van der Waals surface area contributed by atoms with E-state index in [1.165, 1.54) is 15.3 Å². The van der Waals surface area contributed by atoms with Crippen LogP contribution in [0.15, 0.2) is 29.8 Å². The Morgan fingerprint density at radius 3 is 2.84 bits per heavy atom. The van der Waals surface area contributed by atoms with Gasteiger partial charge in [-0.05, 0) is 36.1 Å². The van der Waals surface area contributed by atoms with Crippen molar-refractivity contribution in [2.24, 2.45) is 0 Å². The molecule has 0 spiro atoms. The fourth-order valence-corrected chi connectivity index (χ4v) is 2.50. The molecule has 0 fully saturated rings. The molecule has 0 aromatic carbocycles. The number of thiophene rings is 1. The van der Waals surface area contributed by atoms with E-state index in [1.54, 1.807) is 37.7 Å². The number of nitrogens with zero attached hydrogens (tertiary/aromatic N) is 2. The lowest BCUT2D eigenvalue weighted by Crippen LogP contribution is -2.22. The van der Waals surface area contributed by atoms with Gasteiger partial charge in [0.15, 0.2) is 0 Å². The van der Waals surface area contributed by atoms with E-state index >= 15 is 0 Å². The molecule has 1 N–H and O–H groups in total. The second-order valence-corrected chi connectivity index (χ2v) is 5.51. The van der Waals surface area contributed by atoms with Crippen LogP contribution in [-0.2, 0) is 6.54 Å². The summed E-state index contributed by atoms with van der Waals surface area (Å²) in [4.78, 5) is 18.7. The highest BCUT2D eigenvalue weighted by atomic mass is 32.1. The van der Waals surface area contributed by atoms with E-state index in [1.807, 2.05) is 6.07 Å². The van der Waals surface area contributed by atoms with Crippen molar-refractivity contribution >= 4 is 22.9 Å². The second kappa shape index (κ2) is 5.84. The predicted octanol–water partition coefficient (Wildman–Crippen LogP) is 2.77. The van der Waals surface area contributed by atoms with Gasteiger partial charge in [0.25, 0.3) is 5.91 Å². The van der Waals surface area contributed by atoms with Gasteiger partial charge in [-0.1, -0.05) is 0 Å². The lowest BCUT2D eigenvalue weighted by atomic mass is 10.2. The average Bonchev–Trinajstić information content (AvgIpc) is 2.81. The number of anilines is 1. The fourth-order valence-electron chi connectivity index (χ4n) is 1.65. The van der Waals surface area contributed by atoms with Crippen molar-refractivity contribution in [1.82, 2.24) is 9.88 Å². The van der Waals surface area contributed by atoms with Crippen molar-refractivity contribution in [1.29, 1.82) is 0 Å². The number of carbonyl (C=O) groups is 1. The van der Waals surface area contributed by atoms with E-state index < -0.39 is 0 Å². The molecule has 0 unspecified atom stereocenters. The summed E-state index contributed by atoms with van der Waals surface area (Å²) < 4.78 is 0. The third-order valence-electron chi connectivity index (χ3n) is 2.81. The summed E-state index contributed by atoms with van der Waals surface area (Å²) in [5.41, 5.74) is 2.65. The smallest absolute Gasteiger partial charge is 0.272 e. The van der Waals surface area contributed by atoms with Crippen LogP contribution in [-0.4, -0.2) is 29.9 Å². The highest BCUT2D eigenvalue weighted by Crippen LogP contribution is 2.18. The quantitative estimate of drug-likeness (QED) is 0.933. The van der Waals surface area contributed by atoms with Gasteiger partial charge in [-0.3, -0.25) is 9.78 Å². The second-order valence-electron chi connectivity index (χ2n) is 4.51. The minimum absolute atomic E-state index is 0.0871. The number of pyridine rings is 1. The van der Waals surface area contributed by atoms with Gasteiger partial charge < -0.3 is 10.2 Å². The zero-order chi connectivity index (χ0) is 13.8. The molecule has 2 aromatic rings. The molecule has 0 saturated heterocycles. The summed E-state index contributed by atoms with van der Waals surface area (Å²) in [6.45, 7) is 2.87. The van der Waals surface area contributed by atoms with Crippen molar-refractivity contribution < 1.29 is 4.79 Å². The number of aryl methyl sites for hydroxylation is 1. The largest absolute Gasteiger partial charge is 0.380 e. The van der Waals surface area contributed by atoms with Gasteiger partial charge in [-0.2, -0.15) is 0 Å². The van der Waals surface area contributed by atoms with Gasteiger partial charge in [0.2, 0.25) is 0 Å². The van der Waals surface area contributed by atoms with Crippen LogP contribution in [0.25, 0.3) is 0 Å². The van der Waals surface area contributed by atoms with E-state index in [-0.39, 0.29) is 5.91 Å². The lowest BCUT2D eigenvalue weighted by molar-refractivity contribution is 0.0822. The summed E-state index contributed by atoms with van der Waals surface area (Å²) in [5.74, 6) is -0.0871. The average molecular weight is 275 g/mol. The third-order valence-corrected chi connectivity index (χ3v) is 3.83. The monoisotopic (exact) mass is 275 g/mol. The van der Waals surface area contributed by atoms with E-state index in [4.69, 9.17) is 0 Å². The summed E-state index contributed by atoms with van der Waals surface area (Å²) in [5, 5.41) is 5.40. The first-order valence-corrected chi connectivity index (χ1v) is 6.90. The summed E-state index contributed by atoms with van der Waals surface area (Å²) >= 11 is 1.73. The molecule has 2 aromatic heterocycles. The Labute approximate surface area is 117 Å². The predicted molar refractivity (Wildman–Crippen MR) is 78.6 cm³/mol. The molecule has 0 aliphatic carbocycles. The molecule has 0 aliphatic rings. The molecular formula is C14H17N3OS. The molecule has 0 aliphatic heterocycles. The molecule has 19 heavy (non-hydrogen) atoms. The maximum absolute atomic E-state index is 11.8. The number of aromatic nitrogens is 1. The normalized spacial score (nSPS) is 10.3. The third kappa shape index (κ3) is 3.32. The van der Waals surface area contributed by atoms with Crippen LogP contribution in [0, 0.1) is 6.92 Å². The highest BCUT2D eigenvalue weighted by molar-refractivity contribution is 7.10. The van der Waals surface area contributed by atoms with Crippen LogP contribution in [0.4, 0.5) is 5.69 Å². The first-order valence-electron chi connectivity index (χ1n) is 6.02. The zero-order valence-corrected chi connectivity index (χ0v) is 12.1. The van der Waals surface area contributed by atoms with E-state index in [0.717, 1.165) is 12.2 Å². The molecule has 1 amide bonds. The van der Waals surface area contributed by atoms with Crippen molar-refractivity contribution in [2.75, 3.05) is 19.4 Å². The first kappa shape index (κ1) is 13.5. The number of hydrogen-bond acceptors (Lipinski definition) is 4. The molecule has 0 saturated carbocycles. The topological polar surface area (TPSA) is 45.2 Å². The zero-order valence-electron chi connectivity index (χ0n) is 11.3. The fraction of sp³-hybridized carbons (Fsp3) is 0.286. The number of amides is 1. The van der Waals surface area contributed by atoms with E-state index in [9.17, 15) is 4.79 Å². The van der Waals surface area contributed by atoms with Gasteiger partial charge >= 0.3 is 0 Å². The first-order chi connectivity index (χ1) is 9.08. The SMILES string of the molecule is Cc1ccsc1CNc1ccnc(C(=O)N(C)C)c1. The van der Waals surface area contributed by atoms with Crippen molar-refractivity contribution in [3.8, 4) is 0 Å². The van der Waals surface area contributed by atoms with Gasteiger partial charge in [0.1, 0.15) is 5.69 Å². The van der Waals surface area contributed by atoms with Crippen LogP contribution < -0.4 is 5.32 Å². The molecular weight excluding hydrogens is 258 g/mol.